The van der Waals surface area contributed by atoms with Crippen LogP contribution in [0.5, 0.6) is 0 Å². The molecule has 0 spiro atoms. The lowest BCUT2D eigenvalue weighted by Gasteiger charge is -2.12. The predicted molar refractivity (Wildman–Crippen MR) is 53.5 cm³/mol. The first-order chi connectivity index (χ1) is 6.83. The van der Waals surface area contributed by atoms with Crippen molar-refractivity contribution in [3.63, 3.8) is 0 Å². The van der Waals surface area contributed by atoms with Gasteiger partial charge in [0.2, 0.25) is 0 Å². The van der Waals surface area contributed by atoms with Crippen molar-refractivity contribution in [2.45, 2.75) is 18.9 Å². The summed E-state index contributed by atoms with van der Waals surface area (Å²) in [6.45, 7) is 1.19. The van der Waals surface area contributed by atoms with E-state index in [1.807, 2.05) is 12.1 Å². The fourth-order valence-electron chi connectivity index (χ4n) is 2.55. The van der Waals surface area contributed by atoms with Crippen LogP contribution in [0.4, 0.5) is 4.39 Å². The Kier molecular flexibility index (Phi) is 1.84. The van der Waals surface area contributed by atoms with Gasteiger partial charge in [0.25, 0.3) is 0 Å². The van der Waals surface area contributed by atoms with Crippen molar-refractivity contribution in [3.05, 3.63) is 35.6 Å². The molecular formula is C12H14FN. The van der Waals surface area contributed by atoms with Crippen LogP contribution in [0.2, 0.25) is 0 Å². The molecule has 0 unspecified atom stereocenters. The third-order valence-electron chi connectivity index (χ3n) is 3.51. The van der Waals surface area contributed by atoms with E-state index < -0.39 is 0 Å². The number of halogens is 1. The third-order valence-corrected chi connectivity index (χ3v) is 3.51. The predicted octanol–water partition coefficient (Wildman–Crippen LogP) is 1.98. The van der Waals surface area contributed by atoms with Crippen LogP contribution < -0.4 is 5.32 Å². The fourth-order valence-corrected chi connectivity index (χ4v) is 2.55. The quantitative estimate of drug-likeness (QED) is 0.753. The lowest BCUT2D eigenvalue weighted by molar-refractivity contribution is 0.530. The molecule has 1 saturated heterocycles. The maximum Gasteiger partial charge on any atom is 0.123 e. The molecule has 0 bridgehead atoms. The van der Waals surface area contributed by atoms with Crippen LogP contribution in [0.3, 0.4) is 0 Å². The van der Waals surface area contributed by atoms with Crippen LogP contribution in [-0.2, 0) is 6.42 Å². The number of fused-ring (bicyclic) bond motifs is 1. The van der Waals surface area contributed by atoms with E-state index in [1.165, 1.54) is 18.5 Å². The van der Waals surface area contributed by atoms with E-state index >= 15 is 0 Å². The number of benzene rings is 1. The smallest absolute Gasteiger partial charge is 0.123 e. The molecule has 1 aromatic carbocycles. The van der Waals surface area contributed by atoms with Gasteiger partial charge in [-0.3, -0.25) is 0 Å². The van der Waals surface area contributed by atoms with Gasteiger partial charge in [-0.25, -0.2) is 4.39 Å². The molecule has 1 aromatic rings. The standard InChI is InChI=1S/C12H14FN/c13-10-3-1-8(2-4-10)5-12-11-6-9(11)7-14-12/h1-4,9,11-12,14H,5-7H2/t9-,11-,12+/m1/s1. The normalized spacial score (nSPS) is 34.2. The highest BCUT2D eigenvalue weighted by atomic mass is 19.1. The molecule has 3 atom stereocenters. The van der Waals surface area contributed by atoms with Gasteiger partial charge in [0.1, 0.15) is 5.82 Å². The molecule has 0 amide bonds. The first-order valence-corrected chi connectivity index (χ1v) is 5.31. The van der Waals surface area contributed by atoms with Crippen LogP contribution in [-0.4, -0.2) is 12.6 Å². The largest absolute Gasteiger partial charge is 0.313 e. The maximum atomic E-state index is 12.7. The van der Waals surface area contributed by atoms with Gasteiger partial charge in [-0.1, -0.05) is 12.1 Å². The first-order valence-electron chi connectivity index (χ1n) is 5.31. The Bertz CT molecular complexity index is 333. The van der Waals surface area contributed by atoms with Crippen molar-refractivity contribution in [1.29, 1.82) is 0 Å². The van der Waals surface area contributed by atoms with Crippen molar-refractivity contribution in [1.82, 2.24) is 5.32 Å². The zero-order chi connectivity index (χ0) is 9.54. The van der Waals surface area contributed by atoms with Gasteiger partial charge < -0.3 is 5.32 Å². The van der Waals surface area contributed by atoms with Crippen LogP contribution in [0.15, 0.2) is 24.3 Å². The van der Waals surface area contributed by atoms with Gasteiger partial charge in [-0.05, 0) is 48.9 Å². The second kappa shape index (κ2) is 3.06. The van der Waals surface area contributed by atoms with Crippen molar-refractivity contribution < 1.29 is 4.39 Å². The third kappa shape index (κ3) is 1.44. The molecule has 14 heavy (non-hydrogen) atoms. The fraction of sp³-hybridized carbons (Fsp3) is 0.500. The van der Waals surface area contributed by atoms with Crippen molar-refractivity contribution in [2.24, 2.45) is 11.8 Å². The molecular weight excluding hydrogens is 177 g/mol. The summed E-state index contributed by atoms with van der Waals surface area (Å²) in [5, 5.41) is 3.53. The minimum absolute atomic E-state index is 0.141. The number of nitrogens with one attached hydrogen (secondary N) is 1. The highest BCUT2D eigenvalue weighted by Gasteiger charge is 2.47. The van der Waals surface area contributed by atoms with Gasteiger partial charge >= 0.3 is 0 Å². The van der Waals surface area contributed by atoms with Gasteiger partial charge in [0, 0.05) is 6.04 Å². The molecule has 3 rings (SSSR count). The lowest BCUT2D eigenvalue weighted by Crippen LogP contribution is -2.28. The van der Waals surface area contributed by atoms with Crippen LogP contribution in [0.25, 0.3) is 0 Å². The van der Waals surface area contributed by atoms with Crippen LogP contribution >= 0.6 is 0 Å². The second-order valence-corrected chi connectivity index (χ2v) is 4.50. The van der Waals surface area contributed by atoms with Crippen molar-refractivity contribution in [2.75, 3.05) is 6.54 Å². The molecule has 2 fully saturated rings. The monoisotopic (exact) mass is 191 g/mol. The maximum absolute atomic E-state index is 12.7. The molecule has 0 radical (unpaired) electrons. The zero-order valence-corrected chi connectivity index (χ0v) is 8.04. The van der Waals surface area contributed by atoms with Gasteiger partial charge in [-0.2, -0.15) is 0 Å². The molecule has 1 aliphatic heterocycles. The molecule has 1 N–H and O–H groups in total. The van der Waals surface area contributed by atoms with Gasteiger partial charge in [-0.15, -0.1) is 0 Å². The molecule has 0 aromatic heterocycles. The molecule has 74 valence electrons. The summed E-state index contributed by atoms with van der Waals surface area (Å²) < 4.78 is 12.7. The second-order valence-electron chi connectivity index (χ2n) is 4.50. The summed E-state index contributed by atoms with van der Waals surface area (Å²) in [6.07, 6.45) is 2.46. The Morgan fingerprint density at radius 1 is 1.29 bits per heavy atom. The van der Waals surface area contributed by atoms with Gasteiger partial charge in [0.05, 0.1) is 0 Å². The SMILES string of the molecule is Fc1ccc(C[C@@H]2NC[C@H]3C[C@H]32)cc1. The lowest BCUT2D eigenvalue weighted by atomic mass is 10.0. The molecule has 1 saturated carbocycles. The average Bonchev–Trinajstić information content (AvgIpc) is 2.88. The zero-order valence-electron chi connectivity index (χ0n) is 8.04. The van der Waals surface area contributed by atoms with E-state index in [1.54, 1.807) is 12.1 Å². The van der Waals surface area contributed by atoms with Crippen molar-refractivity contribution in [3.8, 4) is 0 Å². The van der Waals surface area contributed by atoms with E-state index in [0.29, 0.717) is 6.04 Å². The Labute approximate surface area is 83.3 Å². The topological polar surface area (TPSA) is 12.0 Å². The Balaban J connectivity index is 1.69. The highest BCUT2D eigenvalue weighted by molar-refractivity contribution is 5.19. The van der Waals surface area contributed by atoms with E-state index in [-0.39, 0.29) is 5.82 Å². The number of piperidine rings is 1. The molecule has 1 heterocycles. The van der Waals surface area contributed by atoms with E-state index in [0.717, 1.165) is 18.3 Å². The highest BCUT2D eigenvalue weighted by Crippen LogP contribution is 2.45. The average molecular weight is 191 g/mol. The van der Waals surface area contributed by atoms with Crippen molar-refractivity contribution >= 4 is 0 Å². The summed E-state index contributed by atoms with van der Waals surface area (Å²) in [7, 11) is 0. The molecule has 1 nitrogen and oxygen atoms in total. The summed E-state index contributed by atoms with van der Waals surface area (Å²) in [6, 6.07) is 7.54. The Morgan fingerprint density at radius 2 is 2.07 bits per heavy atom. The molecule has 1 aliphatic carbocycles. The Hall–Kier alpha value is -0.890. The minimum atomic E-state index is -0.141. The summed E-state index contributed by atoms with van der Waals surface area (Å²) in [4.78, 5) is 0. The number of rotatable bonds is 2. The van der Waals surface area contributed by atoms with Crippen LogP contribution in [0.1, 0.15) is 12.0 Å². The first kappa shape index (κ1) is 8.42. The summed E-state index contributed by atoms with van der Waals surface area (Å²) in [5.41, 5.74) is 1.25. The Morgan fingerprint density at radius 3 is 2.64 bits per heavy atom. The summed E-state index contributed by atoms with van der Waals surface area (Å²) >= 11 is 0. The minimum Gasteiger partial charge on any atom is -0.313 e. The summed E-state index contributed by atoms with van der Waals surface area (Å²) in [5.74, 6) is 1.71. The molecule has 2 aliphatic rings. The van der Waals surface area contributed by atoms with Gasteiger partial charge in [0.15, 0.2) is 0 Å². The number of hydrogen-bond donors (Lipinski definition) is 1. The number of hydrogen-bond acceptors (Lipinski definition) is 1. The van der Waals surface area contributed by atoms with E-state index in [4.69, 9.17) is 0 Å². The van der Waals surface area contributed by atoms with E-state index in [2.05, 4.69) is 5.32 Å². The molecule has 2 heteroatoms. The van der Waals surface area contributed by atoms with E-state index in [9.17, 15) is 4.39 Å². The van der Waals surface area contributed by atoms with Crippen LogP contribution in [0, 0.1) is 17.7 Å².